The molecule has 5 nitrogen and oxygen atoms in total. The van der Waals surface area contributed by atoms with Crippen molar-refractivity contribution in [2.24, 2.45) is 0 Å². The van der Waals surface area contributed by atoms with E-state index in [1.54, 1.807) is 38.3 Å². The number of nitrogens with one attached hydrogen (secondary N) is 1. The van der Waals surface area contributed by atoms with Crippen molar-refractivity contribution in [2.75, 3.05) is 20.3 Å². The summed E-state index contributed by atoms with van der Waals surface area (Å²) in [6, 6.07) is 11.9. The number of benzene rings is 2. The van der Waals surface area contributed by atoms with Crippen molar-refractivity contribution >= 4 is 21.6 Å². The molecule has 0 spiro atoms. The Hall–Kier alpha value is -2.20. The SMILES string of the molecule is COc1ccccc1OCC#CCNS(=O)(=O)c1cc(Cl)ccc1C. The monoisotopic (exact) mass is 379 g/mol. The van der Waals surface area contributed by atoms with Crippen molar-refractivity contribution in [2.45, 2.75) is 11.8 Å². The van der Waals surface area contributed by atoms with Gasteiger partial charge in [0.05, 0.1) is 18.6 Å². The van der Waals surface area contributed by atoms with Gasteiger partial charge in [0.15, 0.2) is 11.5 Å². The summed E-state index contributed by atoms with van der Waals surface area (Å²) < 4.78 is 37.6. The van der Waals surface area contributed by atoms with Crippen LogP contribution in [0.3, 0.4) is 0 Å². The molecule has 0 aliphatic heterocycles. The van der Waals surface area contributed by atoms with Gasteiger partial charge in [0.2, 0.25) is 10.0 Å². The minimum atomic E-state index is -3.66. The molecule has 0 saturated heterocycles. The highest BCUT2D eigenvalue weighted by Gasteiger charge is 2.16. The fraction of sp³-hybridized carbons (Fsp3) is 0.222. The number of aryl methyl sites for hydroxylation is 1. The Balaban J connectivity index is 1.90. The third kappa shape index (κ3) is 5.40. The van der Waals surface area contributed by atoms with Gasteiger partial charge in [-0.25, -0.2) is 8.42 Å². The molecule has 0 aliphatic rings. The summed E-state index contributed by atoms with van der Waals surface area (Å²) >= 11 is 5.86. The molecule has 0 fully saturated rings. The maximum atomic E-state index is 12.3. The van der Waals surface area contributed by atoms with Crippen LogP contribution in [-0.4, -0.2) is 28.7 Å². The van der Waals surface area contributed by atoms with Gasteiger partial charge in [-0.05, 0) is 36.8 Å². The van der Waals surface area contributed by atoms with Gasteiger partial charge in [-0.2, -0.15) is 4.72 Å². The van der Waals surface area contributed by atoms with Crippen LogP contribution in [0.1, 0.15) is 5.56 Å². The molecule has 0 saturated carbocycles. The Kier molecular flexibility index (Phi) is 6.71. The van der Waals surface area contributed by atoms with Gasteiger partial charge >= 0.3 is 0 Å². The lowest BCUT2D eigenvalue weighted by Crippen LogP contribution is -2.24. The molecule has 0 radical (unpaired) electrons. The van der Waals surface area contributed by atoms with E-state index < -0.39 is 10.0 Å². The molecule has 0 aliphatic carbocycles. The molecule has 132 valence electrons. The number of methoxy groups -OCH3 is 1. The Morgan fingerprint density at radius 2 is 1.84 bits per heavy atom. The number of ether oxygens (including phenoxy) is 2. The lowest BCUT2D eigenvalue weighted by atomic mass is 10.2. The molecule has 2 aromatic rings. The van der Waals surface area contributed by atoms with Crippen LogP contribution in [0.15, 0.2) is 47.4 Å². The highest BCUT2D eigenvalue weighted by Crippen LogP contribution is 2.25. The number of hydrogen-bond donors (Lipinski definition) is 1. The van der Waals surface area contributed by atoms with E-state index in [0.717, 1.165) is 0 Å². The quantitative estimate of drug-likeness (QED) is 0.783. The van der Waals surface area contributed by atoms with Crippen LogP contribution in [0.5, 0.6) is 11.5 Å². The van der Waals surface area contributed by atoms with Gasteiger partial charge in [0, 0.05) is 5.02 Å². The second-order valence-electron chi connectivity index (χ2n) is 5.03. The first-order valence-corrected chi connectivity index (χ1v) is 9.27. The second-order valence-corrected chi connectivity index (χ2v) is 7.20. The zero-order chi connectivity index (χ0) is 18.3. The lowest BCUT2D eigenvalue weighted by molar-refractivity contribution is 0.331. The molecule has 0 aromatic heterocycles. The van der Waals surface area contributed by atoms with Gasteiger partial charge in [-0.15, -0.1) is 0 Å². The number of rotatable bonds is 6. The van der Waals surface area contributed by atoms with Crippen LogP contribution in [0.25, 0.3) is 0 Å². The van der Waals surface area contributed by atoms with Gasteiger partial charge < -0.3 is 9.47 Å². The van der Waals surface area contributed by atoms with E-state index in [0.29, 0.717) is 22.1 Å². The van der Waals surface area contributed by atoms with Gasteiger partial charge in [0.25, 0.3) is 0 Å². The predicted molar refractivity (Wildman–Crippen MR) is 97.6 cm³/mol. The van der Waals surface area contributed by atoms with Crippen molar-refractivity contribution in [3.63, 3.8) is 0 Å². The normalized spacial score (nSPS) is 10.7. The standard InChI is InChI=1S/C18H18ClNO4S/c1-14-9-10-15(19)13-18(14)25(21,22)20-11-5-6-12-24-17-8-4-3-7-16(17)23-2/h3-4,7-10,13,20H,11-12H2,1-2H3. The van der Waals surface area contributed by atoms with Crippen LogP contribution < -0.4 is 14.2 Å². The van der Waals surface area contributed by atoms with Gasteiger partial charge in [0.1, 0.15) is 6.61 Å². The zero-order valence-electron chi connectivity index (χ0n) is 13.9. The first-order chi connectivity index (χ1) is 11.9. The van der Waals surface area contributed by atoms with Gasteiger partial charge in [-0.3, -0.25) is 0 Å². The average molecular weight is 380 g/mol. The van der Waals surface area contributed by atoms with Crippen molar-refractivity contribution in [3.8, 4) is 23.3 Å². The lowest BCUT2D eigenvalue weighted by Gasteiger charge is -2.08. The van der Waals surface area contributed by atoms with Crippen LogP contribution in [0, 0.1) is 18.8 Å². The van der Waals surface area contributed by atoms with E-state index in [-0.39, 0.29) is 18.0 Å². The molecule has 1 N–H and O–H groups in total. The highest BCUT2D eigenvalue weighted by atomic mass is 35.5. The number of halogens is 1. The van der Waals surface area contributed by atoms with Crippen molar-refractivity contribution < 1.29 is 17.9 Å². The summed E-state index contributed by atoms with van der Waals surface area (Å²) in [5, 5.41) is 0.363. The Labute approximate surface area is 153 Å². The number of sulfonamides is 1. The first-order valence-electron chi connectivity index (χ1n) is 7.41. The fourth-order valence-electron chi connectivity index (χ4n) is 2.04. The molecule has 7 heteroatoms. The van der Waals surface area contributed by atoms with E-state index in [4.69, 9.17) is 21.1 Å². The van der Waals surface area contributed by atoms with Crippen molar-refractivity contribution in [3.05, 3.63) is 53.1 Å². The minimum Gasteiger partial charge on any atom is -0.493 e. The van der Waals surface area contributed by atoms with E-state index in [2.05, 4.69) is 16.6 Å². The predicted octanol–water partition coefficient (Wildman–Crippen LogP) is 3.02. The van der Waals surface area contributed by atoms with E-state index >= 15 is 0 Å². The summed E-state index contributed by atoms with van der Waals surface area (Å²) in [5.41, 5.74) is 0.615. The third-order valence-corrected chi connectivity index (χ3v) is 5.06. The smallest absolute Gasteiger partial charge is 0.241 e. The van der Waals surface area contributed by atoms with Crippen LogP contribution >= 0.6 is 11.6 Å². The van der Waals surface area contributed by atoms with Crippen molar-refractivity contribution in [1.29, 1.82) is 0 Å². The molecule has 0 unspecified atom stereocenters. The van der Waals surface area contributed by atoms with Crippen LogP contribution in [0.4, 0.5) is 0 Å². The van der Waals surface area contributed by atoms with E-state index in [9.17, 15) is 8.42 Å². The Morgan fingerprint density at radius 1 is 1.12 bits per heavy atom. The molecule has 0 amide bonds. The van der Waals surface area contributed by atoms with Gasteiger partial charge in [-0.1, -0.05) is 41.6 Å². The number of hydrogen-bond acceptors (Lipinski definition) is 4. The largest absolute Gasteiger partial charge is 0.493 e. The molecule has 2 aromatic carbocycles. The number of para-hydroxylation sites is 2. The van der Waals surface area contributed by atoms with E-state index in [1.165, 1.54) is 6.07 Å². The van der Waals surface area contributed by atoms with Crippen LogP contribution in [-0.2, 0) is 10.0 Å². The molecular formula is C18H18ClNO4S. The highest BCUT2D eigenvalue weighted by molar-refractivity contribution is 7.89. The maximum Gasteiger partial charge on any atom is 0.241 e. The first kappa shape index (κ1) is 19.1. The summed E-state index contributed by atoms with van der Waals surface area (Å²) in [4.78, 5) is 0.145. The fourth-order valence-corrected chi connectivity index (χ4v) is 3.47. The molecule has 0 bridgehead atoms. The molecular weight excluding hydrogens is 362 g/mol. The average Bonchev–Trinajstić information content (AvgIpc) is 2.60. The molecule has 0 atom stereocenters. The summed E-state index contributed by atoms with van der Waals surface area (Å²) in [7, 11) is -2.11. The van der Waals surface area contributed by atoms with Crippen LogP contribution in [0.2, 0.25) is 5.02 Å². The summed E-state index contributed by atoms with van der Waals surface area (Å²) in [6.45, 7) is 1.81. The van der Waals surface area contributed by atoms with E-state index in [1.807, 2.05) is 12.1 Å². The third-order valence-electron chi connectivity index (χ3n) is 3.28. The minimum absolute atomic E-state index is 0.0242. The molecule has 2 rings (SSSR count). The second kappa shape index (κ2) is 8.77. The Morgan fingerprint density at radius 3 is 2.56 bits per heavy atom. The molecule has 25 heavy (non-hydrogen) atoms. The summed E-state index contributed by atoms with van der Waals surface area (Å²) in [6.07, 6.45) is 0. The zero-order valence-corrected chi connectivity index (χ0v) is 15.4. The molecule has 0 heterocycles. The Bertz CT molecular complexity index is 901. The maximum absolute atomic E-state index is 12.3. The topological polar surface area (TPSA) is 64.6 Å². The van der Waals surface area contributed by atoms with Crippen molar-refractivity contribution in [1.82, 2.24) is 4.72 Å². The summed E-state index contributed by atoms with van der Waals surface area (Å²) in [5.74, 6) is 6.66.